The molecule has 0 radical (unpaired) electrons. The predicted octanol–water partition coefficient (Wildman–Crippen LogP) is 2.68. The molecule has 6 nitrogen and oxygen atoms in total. The summed E-state index contributed by atoms with van der Waals surface area (Å²) < 4.78 is 26.4. The van der Waals surface area contributed by atoms with Crippen LogP contribution < -0.4 is 0 Å². The van der Waals surface area contributed by atoms with E-state index in [2.05, 4.69) is 11.4 Å². The van der Waals surface area contributed by atoms with Crippen LogP contribution in [-0.2, 0) is 13.7 Å². The van der Waals surface area contributed by atoms with Gasteiger partial charge >= 0.3 is 15.2 Å². The first-order valence-electron chi connectivity index (χ1n) is 5.78. The van der Waals surface area contributed by atoms with Gasteiger partial charge in [-0.2, -0.15) is 0 Å². The van der Waals surface area contributed by atoms with Crippen LogP contribution in [0, 0.1) is 0 Å². The van der Waals surface area contributed by atoms with Gasteiger partial charge in [-0.05, 0) is 6.42 Å². The minimum absolute atomic E-state index is 0.0693. The van der Waals surface area contributed by atoms with E-state index >= 15 is 0 Å². The fourth-order valence-electron chi connectivity index (χ4n) is 1.36. The quantitative estimate of drug-likeness (QED) is 0.421. The zero-order valence-corrected chi connectivity index (χ0v) is 11.9. The zero-order chi connectivity index (χ0) is 13.4. The molecule has 104 valence electrons. The van der Waals surface area contributed by atoms with Crippen LogP contribution in [0.1, 0.15) is 45.4 Å². The van der Waals surface area contributed by atoms with Crippen LogP contribution in [0.2, 0.25) is 0 Å². The maximum atomic E-state index is 11.2. The van der Waals surface area contributed by atoms with Gasteiger partial charge in [-0.3, -0.25) is 9.13 Å². The Morgan fingerprint density at radius 1 is 0.941 bits per heavy atom. The van der Waals surface area contributed by atoms with Gasteiger partial charge < -0.3 is 19.2 Å². The highest BCUT2D eigenvalue weighted by atomic mass is 31.2. The SMILES string of the molecule is CCCCCCCCOP(=O)(O)CP(=O)(O)O. The summed E-state index contributed by atoms with van der Waals surface area (Å²) in [6.45, 7) is 2.19. The Hall–Kier alpha value is 0.300. The molecule has 8 heteroatoms. The third-order valence-corrected chi connectivity index (χ3v) is 5.64. The van der Waals surface area contributed by atoms with Gasteiger partial charge in [0.15, 0.2) is 5.90 Å². The third-order valence-electron chi connectivity index (χ3n) is 2.15. The first-order valence-corrected chi connectivity index (χ1v) is 9.34. The predicted molar refractivity (Wildman–Crippen MR) is 66.1 cm³/mol. The van der Waals surface area contributed by atoms with E-state index in [1.165, 1.54) is 6.42 Å². The molecule has 3 N–H and O–H groups in total. The molecule has 0 fully saturated rings. The van der Waals surface area contributed by atoms with Crippen LogP contribution in [0.15, 0.2) is 0 Å². The Morgan fingerprint density at radius 2 is 1.47 bits per heavy atom. The fourth-order valence-corrected chi connectivity index (χ4v) is 3.97. The number of hydrogen-bond donors (Lipinski definition) is 3. The van der Waals surface area contributed by atoms with Crippen molar-refractivity contribution in [2.45, 2.75) is 45.4 Å². The van der Waals surface area contributed by atoms with Crippen LogP contribution >= 0.6 is 15.2 Å². The second-order valence-electron chi connectivity index (χ2n) is 4.04. The maximum Gasteiger partial charge on any atom is 0.340 e. The van der Waals surface area contributed by atoms with Gasteiger partial charge in [0.25, 0.3) is 0 Å². The van der Waals surface area contributed by atoms with Crippen molar-refractivity contribution in [2.24, 2.45) is 0 Å². The van der Waals surface area contributed by atoms with E-state index in [9.17, 15) is 9.13 Å². The van der Waals surface area contributed by atoms with Gasteiger partial charge in [-0.15, -0.1) is 0 Å². The van der Waals surface area contributed by atoms with Gasteiger partial charge in [0.2, 0.25) is 0 Å². The van der Waals surface area contributed by atoms with E-state index in [-0.39, 0.29) is 6.61 Å². The van der Waals surface area contributed by atoms with Crippen molar-refractivity contribution >= 4 is 15.2 Å². The lowest BCUT2D eigenvalue weighted by molar-refractivity contribution is 0.253. The Balaban J connectivity index is 3.60. The van der Waals surface area contributed by atoms with Crippen LogP contribution in [0.5, 0.6) is 0 Å². The molecule has 1 unspecified atom stereocenters. The van der Waals surface area contributed by atoms with Crippen LogP contribution in [0.25, 0.3) is 0 Å². The second-order valence-corrected chi connectivity index (χ2v) is 8.04. The standard InChI is InChI=1S/C9H22O6P2/c1-2-3-4-5-6-7-8-15-17(13,14)9-16(10,11)12/h2-9H2,1H3,(H,13,14)(H2,10,11,12). The number of unbranched alkanes of at least 4 members (excludes halogenated alkanes) is 5. The van der Waals surface area contributed by atoms with Crippen molar-refractivity contribution in [2.75, 3.05) is 12.5 Å². The van der Waals surface area contributed by atoms with Crippen molar-refractivity contribution in [1.82, 2.24) is 0 Å². The van der Waals surface area contributed by atoms with E-state index < -0.39 is 21.1 Å². The van der Waals surface area contributed by atoms with Gasteiger partial charge in [0, 0.05) is 0 Å². The first-order chi connectivity index (χ1) is 7.77. The molecule has 0 bridgehead atoms. The van der Waals surface area contributed by atoms with Gasteiger partial charge in [-0.1, -0.05) is 39.0 Å². The Labute approximate surface area is 102 Å². The van der Waals surface area contributed by atoms with Gasteiger partial charge in [0.05, 0.1) is 6.61 Å². The lowest BCUT2D eigenvalue weighted by atomic mass is 10.1. The molecule has 0 spiro atoms. The topological polar surface area (TPSA) is 104 Å². The Kier molecular flexibility index (Phi) is 8.56. The molecule has 0 saturated carbocycles. The average Bonchev–Trinajstić information content (AvgIpc) is 2.12. The lowest BCUT2D eigenvalue weighted by Gasteiger charge is -2.12. The first kappa shape index (κ1) is 17.3. The molecule has 1 atom stereocenters. The Bertz CT molecular complexity index is 287. The van der Waals surface area contributed by atoms with Crippen molar-refractivity contribution in [3.8, 4) is 0 Å². The van der Waals surface area contributed by atoms with Crippen LogP contribution in [0.3, 0.4) is 0 Å². The molecule has 17 heavy (non-hydrogen) atoms. The highest BCUT2D eigenvalue weighted by Crippen LogP contribution is 2.55. The molecule has 0 aromatic carbocycles. The smallest absolute Gasteiger partial charge is 0.324 e. The zero-order valence-electron chi connectivity index (χ0n) is 10.1. The fraction of sp³-hybridized carbons (Fsp3) is 1.00. The molecule has 0 aliphatic carbocycles. The summed E-state index contributed by atoms with van der Waals surface area (Å²) in [5.41, 5.74) is 0. The summed E-state index contributed by atoms with van der Waals surface area (Å²) in [5, 5.41) is 0. The van der Waals surface area contributed by atoms with Crippen molar-refractivity contribution in [1.29, 1.82) is 0 Å². The third kappa shape index (κ3) is 12.5. The average molecular weight is 288 g/mol. The van der Waals surface area contributed by atoms with Crippen molar-refractivity contribution < 1.29 is 28.3 Å². The largest absolute Gasteiger partial charge is 0.340 e. The van der Waals surface area contributed by atoms with Crippen LogP contribution in [0.4, 0.5) is 0 Å². The van der Waals surface area contributed by atoms with Gasteiger partial charge in [-0.25, -0.2) is 0 Å². The maximum absolute atomic E-state index is 11.2. The van der Waals surface area contributed by atoms with Gasteiger partial charge in [0.1, 0.15) is 0 Å². The summed E-state index contributed by atoms with van der Waals surface area (Å²) in [5.74, 6) is -1.10. The van der Waals surface area contributed by atoms with E-state index in [4.69, 9.17) is 14.7 Å². The summed E-state index contributed by atoms with van der Waals surface area (Å²) in [4.78, 5) is 26.2. The molecule has 0 aromatic rings. The minimum atomic E-state index is -4.50. The second kappa shape index (κ2) is 8.41. The van der Waals surface area contributed by atoms with Crippen molar-refractivity contribution in [3.05, 3.63) is 0 Å². The van der Waals surface area contributed by atoms with E-state index in [1.54, 1.807) is 0 Å². The summed E-state index contributed by atoms with van der Waals surface area (Å²) in [7, 11) is -8.63. The van der Waals surface area contributed by atoms with E-state index in [0.717, 1.165) is 25.7 Å². The molecule has 0 amide bonds. The summed E-state index contributed by atoms with van der Waals surface area (Å²) in [6.07, 6.45) is 6.05. The highest BCUT2D eigenvalue weighted by molar-refractivity contribution is 7.70. The molecule has 0 saturated heterocycles. The molecular weight excluding hydrogens is 266 g/mol. The number of hydrogen-bond acceptors (Lipinski definition) is 3. The molecule has 0 heterocycles. The molecule has 0 rings (SSSR count). The number of rotatable bonds is 10. The summed E-state index contributed by atoms with van der Waals surface area (Å²) in [6, 6.07) is 0. The lowest BCUT2D eigenvalue weighted by Crippen LogP contribution is -1.98. The highest BCUT2D eigenvalue weighted by Gasteiger charge is 2.30. The molecular formula is C9H22O6P2. The monoisotopic (exact) mass is 288 g/mol. The van der Waals surface area contributed by atoms with E-state index in [0.29, 0.717) is 6.42 Å². The van der Waals surface area contributed by atoms with Crippen LogP contribution in [-0.4, -0.2) is 27.2 Å². The normalized spacial score (nSPS) is 15.8. The minimum Gasteiger partial charge on any atom is -0.324 e. The van der Waals surface area contributed by atoms with E-state index in [1.807, 2.05) is 0 Å². The molecule has 0 aliphatic heterocycles. The summed E-state index contributed by atoms with van der Waals surface area (Å²) >= 11 is 0. The Morgan fingerprint density at radius 3 is 2.00 bits per heavy atom. The van der Waals surface area contributed by atoms with Crippen molar-refractivity contribution in [3.63, 3.8) is 0 Å². The molecule has 0 aliphatic rings. The molecule has 0 aromatic heterocycles.